The Bertz CT molecular complexity index is 423. The summed E-state index contributed by atoms with van der Waals surface area (Å²) in [6, 6.07) is 3.48. The van der Waals surface area contributed by atoms with Crippen LogP contribution in [0.4, 0.5) is 0 Å². The first-order valence-electron chi connectivity index (χ1n) is 5.97. The Kier molecular flexibility index (Phi) is 5.46. The highest BCUT2D eigenvalue weighted by molar-refractivity contribution is 5.69. The van der Waals surface area contributed by atoms with E-state index in [4.69, 9.17) is 4.74 Å². The number of carbonyl (C=O) groups is 1. The molecule has 1 aromatic heterocycles. The molecule has 94 valence electrons. The fourth-order valence-corrected chi connectivity index (χ4v) is 1.50. The van der Waals surface area contributed by atoms with Crippen molar-refractivity contribution >= 4 is 5.97 Å². The van der Waals surface area contributed by atoms with Gasteiger partial charge in [-0.05, 0) is 19.4 Å². The van der Waals surface area contributed by atoms with Crippen LogP contribution in [0.3, 0.4) is 0 Å². The van der Waals surface area contributed by atoms with E-state index in [9.17, 15) is 9.59 Å². The van der Waals surface area contributed by atoms with E-state index >= 15 is 0 Å². The molecule has 4 heteroatoms. The maximum atomic E-state index is 11.6. The van der Waals surface area contributed by atoms with Crippen molar-refractivity contribution < 1.29 is 9.53 Å². The standard InChI is InChI=1S/C13H19NO3/c1-3-4-5-9-17-12(15)10-14-8-6-7-11(2)13(14)16/h6-8H,3-5,9-10H2,1-2H3. The van der Waals surface area contributed by atoms with Crippen molar-refractivity contribution in [2.45, 2.75) is 39.7 Å². The van der Waals surface area contributed by atoms with E-state index in [0.717, 1.165) is 19.3 Å². The van der Waals surface area contributed by atoms with Gasteiger partial charge in [-0.15, -0.1) is 0 Å². The van der Waals surface area contributed by atoms with E-state index in [2.05, 4.69) is 6.92 Å². The number of hydrogen-bond acceptors (Lipinski definition) is 3. The third-order valence-corrected chi connectivity index (χ3v) is 2.52. The van der Waals surface area contributed by atoms with Crippen molar-refractivity contribution in [3.05, 3.63) is 34.2 Å². The number of pyridine rings is 1. The zero-order valence-electron chi connectivity index (χ0n) is 10.4. The minimum absolute atomic E-state index is 0.00730. The van der Waals surface area contributed by atoms with E-state index in [0.29, 0.717) is 12.2 Å². The summed E-state index contributed by atoms with van der Waals surface area (Å²) in [5, 5.41) is 0. The van der Waals surface area contributed by atoms with Gasteiger partial charge in [-0.25, -0.2) is 0 Å². The van der Waals surface area contributed by atoms with Crippen molar-refractivity contribution in [1.82, 2.24) is 4.57 Å². The molecule has 0 aliphatic rings. The average molecular weight is 237 g/mol. The summed E-state index contributed by atoms with van der Waals surface area (Å²) in [6.45, 7) is 4.25. The molecule has 0 aliphatic heterocycles. The molecule has 0 aromatic carbocycles. The van der Waals surface area contributed by atoms with Crippen LogP contribution in [0.2, 0.25) is 0 Å². The summed E-state index contributed by atoms with van der Waals surface area (Å²) in [6.07, 6.45) is 4.63. The molecule has 1 aromatic rings. The van der Waals surface area contributed by atoms with Crippen LogP contribution in [0.5, 0.6) is 0 Å². The summed E-state index contributed by atoms with van der Waals surface area (Å²) in [4.78, 5) is 23.1. The second-order valence-electron chi connectivity index (χ2n) is 4.05. The van der Waals surface area contributed by atoms with Crippen LogP contribution in [0.15, 0.2) is 23.1 Å². The summed E-state index contributed by atoms with van der Waals surface area (Å²) >= 11 is 0. The minimum atomic E-state index is -0.353. The van der Waals surface area contributed by atoms with Gasteiger partial charge in [0.15, 0.2) is 0 Å². The Hall–Kier alpha value is -1.58. The van der Waals surface area contributed by atoms with Gasteiger partial charge in [-0.2, -0.15) is 0 Å². The number of aromatic nitrogens is 1. The lowest BCUT2D eigenvalue weighted by atomic mass is 10.3. The van der Waals surface area contributed by atoms with Crippen molar-refractivity contribution in [3.63, 3.8) is 0 Å². The molecule has 0 aliphatic carbocycles. The summed E-state index contributed by atoms with van der Waals surface area (Å²) in [7, 11) is 0. The Morgan fingerprint density at radius 3 is 2.88 bits per heavy atom. The van der Waals surface area contributed by atoms with Crippen LogP contribution in [-0.4, -0.2) is 17.1 Å². The van der Waals surface area contributed by atoms with E-state index in [-0.39, 0.29) is 18.1 Å². The average Bonchev–Trinajstić information content (AvgIpc) is 2.31. The molecular weight excluding hydrogens is 218 g/mol. The van der Waals surface area contributed by atoms with Crippen molar-refractivity contribution in [2.75, 3.05) is 6.61 Å². The minimum Gasteiger partial charge on any atom is -0.464 e. The number of hydrogen-bond donors (Lipinski definition) is 0. The fourth-order valence-electron chi connectivity index (χ4n) is 1.50. The molecule has 0 atom stereocenters. The van der Waals surface area contributed by atoms with Crippen LogP contribution >= 0.6 is 0 Å². The predicted molar refractivity (Wildman–Crippen MR) is 65.9 cm³/mol. The fraction of sp³-hybridized carbons (Fsp3) is 0.538. The molecule has 0 saturated carbocycles. The van der Waals surface area contributed by atoms with E-state index in [1.54, 1.807) is 25.3 Å². The lowest BCUT2D eigenvalue weighted by Crippen LogP contribution is -2.26. The van der Waals surface area contributed by atoms with Gasteiger partial charge < -0.3 is 9.30 Å². The molecule has 0 bridgehead atoms. The van der Waals surface area contributed by atoms with Crippen LogP contribution < -0.4 is 5.56 Å². The lowest BCUT2D eigenvalue weighted by molar-refractivity contribution is -0.144. The molecule has 17 heavy (non-hydrogen) atoms. The van der Waals surface area contributed by atoms with Gasteiger partial charge in [0.05, 0.1) is 6.61 Å². The first-order chi connectivity index (χ1) is 8.15. The number of aryl methyl sites for hydroxylation is 1. The maximum Gasteiger partial charge on any atom is 0.326 e. The van der Waals surface area contributed by atoms with Gasteiger partial charge >= 0.3 is 5.97 Å². The first-order valence-corrected chi connectivity index (χ1v) is 5.97. The van der Waals surface area contributed by atoms with Gasteiger partial charge in [0, 0.05) is 11.8 Å². The number of carbonyl (C=O) groups excluding carboxylic acids is 1. The summed E-state index contributed by atoms with van der Waals surface area (Å²) in [5.74, 6) is -0.353. The van der Waals surface area contributed by atoms with Crippen LogP contribution in [-0.2, 0) is 16.1 Å². The van der Waals surface area contributed by atoms with Crippen molar-refractivity contribution in [1.29, 1.82) is 0 Å². The Balaban J connectivity index is 2.46. The zero-order valence-corrected chi connectivity index (χ0v) is 10.4. The highest BCUT2D eigenvalue weighted by Gasteiger charge is 2.06. The van der Waals surface area contributed by atoms with Crippen molar-refractivity contribution in [2.24, 2.45) is 0 Å². The summed E-state index contributed by atoms with van der Waals surface area (Å²) < 4.78 is 6.42. The molecule has 0 amide bonds. The van der Waals surface area contributed by atoms with Crippen molar-refractivity contribution in [3.8, 4) is 0 Å². The van der Waals surface area contributed by atoms with Gasteiger partial charge in [-0.1, -0.05) is 25.8 Å². The zero-order chi connectivity index (χ0) is 12.7. The largest absolute Gasteiger partial charge is 0.464 e. The third kappa shape index (κ3) is 4.43. The van der Waals surface area contributed by atoms with Crippen LogP contribution in [0.25, 0.3) is 0 Å². The molecule has 0 N–H and O–H groups in total. The third-order valence-electron chi connectivity index (χ3n) is 2.52. The Morgan fingerprint density at radius 1 is 1.41 bits per heavy atom. The molecule has 0 fully saturated rings. The number of rotatable bonds is 6. The molecule has 0 saturated heterocycles. The second-order valence-corrected chi connectivity index (χ2v) is 4.05. The topological polar surface area (TPSA) is 48.3 Å². The van der Waals surface area contributed by atoms with Crippen LogP contribution in [0, 0.1) is 6.92 Å². The predicted octanol–water partition coefficient (Wildman–Crippen LogP) is 1.89. The number of esters is 1. The van der Waals surface area contributed by atoms with E-state index in [1.807, 2.05) is 0 Å². The van der Waals surface area contributed by atoms with Crippen LogP contribution in [0.1, 0.15) is 31.7 Å². The molecule has 0 unspecified atom stereocenters. The highest BCUT2D eigenvalue weighted by atomic mass is 16.5. The lowest BCUT2D eigenvalue weighted by Gasteiger charge is -2.07. The molecule has 4 nitrogen and oxygen atoms in total. The molecular formula is C13H19NO3. The first kappa shape index (κ1) is 13.5. The van der Waals surface area contributed by atoms with Gasteiger partial charge in [0.25, 0.3) is 5.56 Å². The quantitative estimate of drug-likeness (QED) is 0.560. The Labute approximate surface area is 101 Å². The molecule has 1 rings (SSSR count). The second kappa shape index (κ2) is 6.89. The van der Waals surface area contributed by atoms with Gasteiger partial charge in [0.1, 0.15) is 6.54 Å². The van der Waals surface area contributed by atoms with Gasteiger partial charge in [0.2, 0.25) is 0 Å². The molecule has 1 heterocycles. The highest BCUT2D eigenvalue weighted by Crippen LogP contribution is 1.96. The maximum absolute atomic E-state index is 11.6. The SMILES string of the molecule is CCCCCOC(=O)Cn1cccc(C)c1=O. The van der Waals surface area contributed by atoms with E-state index in [1.165, 1.54) is 4.57 Å². The molecule has 0 spiro atoms. The smallest absolute Gasteiger partial charge is 0.326 e. The van der Waals surface area contributed by atoms with Gasteiger partial charge in [-0.3, -0.25) is 9.59 Å². The number of ether oxygens (including phenoxy) is 1. The number of nitrogens with zero attached hydrogens (tertiary/aromatic N) is 1. The molecule has 0 radical (unpaired) electrons. The van der Waals surface area contributed by atoms with E-state index < -0.39 is 0 Å². The Morgan fingerprint density at radius 2 is 2.18 bits per heavy atom. The summed E-state index contributed by atoms with van der Waals surface area (Å²) in [5.41, 5.74) is 0.490. The number of unbranched alkanes of at least 4 members (excludes halogenated alkanes) is 2. The monoisotopic (exact) mass is 237 g/mol. The normalized spacial score (nSPS) is 10.2.